The average molecular weight is 985 g/mol. The fourth-order valence-corrected chi connectivity index (χ4v) is 10.9. The van der Waals surface area contributed by atoms with Crippen molar-refractivity contribution in [1.29, 1.82) is 10.5 Å². The van der Waals surface area contributed by atoms with E-state index in [0.717, 1.165) is 51.4 Å². The molecule has 0 unspecified atom stereocenters. The maximum Gasteiger partial charge on any atom is 0.489 e. The van der Waals surface area contributed by atoms with E-state index in [0.29, 0.717) is 47.0 Å². The Hall–Kier alpha value is -7.25. The van der Waals surface area contributed by atoms with Gasteiger partial charge in [0, 0.05) is 16.6 Å². The Morgan fingerprint density at radius 1 is 0.569 bits per heavy atom. The number of rotatable bonds is 8. The standard InChI is InChI=1S/C27H28N6O.C20H24ClN5O.C7H6BNO2/c1-32(2)27(21-9-4-3-5-10-21)14-12-26(13-15-27)19-33(25(34)31-26)22-17-29-24(30-18-22)23-11-7-6-8-20(23)16-28;1-25(2)20(15-6-4-3-5-7-15)10-8-19(9-11-20)14-26(18(27)24-19)16-12-22-17(21)23-13-16;9-5-6-3-1-2-4-7(6)8(10)11/h3-11,17-18H,12-15,19H2,1-2H3,(H,31,34);3-7,12-13H,8-11,14H2,1-2H3,(H,24,27);1-4,10-11H. The van der Waals surface area contributed by atoms with Crippen LogP contribution >= 0.6 is 11.6 Å². The molecule has 2 aromatic heterocycles. The lowest BCUT2D eigenvalue weighted by Crippen LogP contribution is -2.54. The van der Waals surface area contributed by atoms with Gasteiger partial charge in [0.15, 0.2) is 5.82 Å². The molecule has 2 aliphatic carbocycles. The first kappa shape index (κ1) is 51.1. The Kier molecular flexibility index (Phi) is 15.4. The lowest BCUT2D eigenvalue weighted by molar-refractivity contribution is 0.0657. The number of hydrogen-bond acceptors (Lipinski definition) is 12. The number of amides is 4. The first-order valence-electron chi connectivity index (χ1n) is 24.0. The second kappa shape index (κ2) is 21.6. The van der Waals surface area contributed by atoms with Crippen molar-refractivity contribution in [2.24, 2.45) is 0 Å². The van der Waals surface area contributed by atoms with Crippen molar-refractivity contribution >= 4 is 47.6 Å². The highest BCUT2D eigenvalue weighted by molar-refractivity contribution is 6.59. The predicted octanol–water partition coefficient (Wildman–Crippen LogP) is 6.98. The first-order valence-corrected chi connectivity index (χ1v) is 24.3. The van der Waals surface area contributed by atoms with E-state index in [9.17, 15) is 14.9 Å². The van der Waals surface area contributed by atoms with Gasteiger partial charge in [0.05, 0.1) is 83.6 Å². The molecule has 0 radical (unpaired) electrons. The summed E-state index contributed by atoms with van der Waals surface area (Å²) in [6, 6.07) is 38.8. The molecule has 4 amide bonds. The van der Waals surface area contributed by atoms with Crippen LogP contribution < -0.4 is 25.9 Å². The smallest absolute Gasteiger partial charge is 0.423 e. The van der Waals surface area contributed by atoms with Crippen molar-refractivity contribution in [3.63, 3.8) is 0 Å². The Morgan fingerprint density at radius 2 is 0.958 bits per heavy atom. The summed E-state index contributed by atoms with van der Waals surface area (Å²) in [7, 11) is 7.03. The van der Waals surface area contributed by atoms with E-state index in [4.69, 9.17) is 26.9 Å². The van der Waals surface area contributed by atoms with Crippen molar-refractivity contribution in [3.8, 4) is 23.5 Å². The second-order valence-electron chi connectivity index (χ2n) is 19.4. The molecule has 4 N–H and O–H groups in total. The van der Waals surface area contributed by atoms with Crippen LogP contribution in [0.1, 0.15) is 73.6 Å². The van der Waals surface area contributed by atoms with Gasteiger partial charge in [0.2, 0.25) is 5.28 Å². The molecule has 16 nitrogen and oxygen atoms in total. The van der Waals surface area contributed by atoms with Crippen molar-refractivity contribution < 1.29 is 19.6 Å². The van der Waals surface area contributed by atoms with Gasteiger partial charge < -0.3 is 20.7 Å². The van der Waals surface area contributed by atoms with E-state index < -0.39 is 7.12 Å². The summed E-state index contributed by atoms with van der Waals surface area (Å²) < 4.78 is 0. The van der Waals surface area contributed by atoms with E-state index in [1.165, 1.54) is 23.3 Å². The van der Waals surface area contributed by atoms with Gasteiger partial charge in [-0.05, 0) is 126 Å². The first-order chi connectivity index (χ1) is 34.7. The second-order valence-corrected chi connectivity index (χ2v) is 19.7. The minimum atomic E-state index is -1.56. The molecule has 4 fully saturated rings. The minimum Gasteiger partial charge on any atom is -0.423 e. The van der Waals surface area contributed by atoms with Gasteiger partial charge in [0.25, 0.3) is 0 Å². The summed E-state index contributed by atoms with van der Waals surface area (Å²) in [5.74, 6) is 0.478. The molecule has 2 saturated carbocycles. The van der Waals surface area contributed by atoms with Gasteiger partial charge in [0.1, 0.15) is 0 Å². The zero-order chi connectivity index (χ0) is 51.1. The zero-order valence-electron chi connectivity index (χ0n) is 40.9. The lowest BCUT2D eigenvalue weighted by Gasteiger charge is -2.48. The molecule has 18 heteroatoms. The highest BCUT2D eigenvalue weighted by Gasteiger charge is 2.52. The number of hydrogen-bond donors (Lipinski definition) is 4. The van der Waals surface area contributed by atoms with E-state index in [1.807, 2.05) is 24.3 Å². The van der Waals surface area contributed by atoms with Gasteiger partial charge in [-0.3, -0.25) is 19.6 Å². The number of halogens is 1. The number of aromatic nitrogens is 4. The molecule has 2 aliphatic heterocycles. The molecule has 4 aromatic carbocycles. The molecule has 6 aromatic rings. The maximum atomic E-state index is 13.0. The summed E-state index contributed by atoms with van der Waals surface area (Å²) in [6.45, 7) is 1.23. The van der Waals surface area contributed by atoms with E-state index in [-0.39, 0.29) is 45.0 Å². The van der Waals surface area contributed by atoms with Crippen molar-refractivity contribution in [3.05, 3.63) is 162 Å². The Balaban J connectivity index is 0.000000162. The van der Waals surface area contributed by atoms with Crippen LogP contribution in [0.4, 0.5) is 21.0 Å². The summed E-state index contributed by atoms with van der Waals surface area (Å²) in [5.41, 5.74) is 5.30. The molecule has 0 atom stereocenters. The largest absolute Gasteiger partial charge is 0.489 e. The average Bonchev–Trinajstić information content (AvgIpc) is 3.91. The van der Waals surface area contributed by atoms with E-state index >= 15 is 0 Å². The zero-order valence-corrected chi connectivity index (χ0v) is 41.7. The third-order valence-electron chi connectivity index (χ3n) is 15.1. The number of carbonyl (C=O) groups is 2. The molecule has 0 bridgehead atoms. The molecule has 368 valence electrons. The number of anilines is 2. The van der Waals surface area contributed by atoms with Crippen LogP contribution in [0.5, 0.6) is 0 Å². The van der Waals surface area contributed by atoms with Crippen LogP contribution in [-0.4, -0.2) is 111 Å². The highest BCUT2D eigenvalue weighted by Crippen LogP contribution is 2.48. The lowest BCUT2D eigenvalue weighted by atomic mass is 9.69. The van der Waals surface area contributed by atoms with Crippen LogP contribution in [0.15, 0.2) is 134 Å². The molecule has 10 rings (SSSR count). The molecule has 4 heterocycles. The number of urea groups is 2. The topological polar surface area (TPSA) is 211 Å². The Labute approximate surface area is 426 Å². The molecule has 72 heavy (non-hydrogen) atoms. The summed E-state index contributed by atoms with van der Waals surface area (Å²) >= 11 is 5.77. The summed E-state index contributed by atoms with van der Waals surface area (Å²) in [5, 5.41) is 42.0. The number of benzene rings is 4. The summed E-state index contributed by atoms with van der Waals surface area (Å²) in [4.78, 5) is 50.7. The molecule has 2 saturated heterocycles. The molecule has 2 spiro atoms. The molecular formula is C54H58BClN12O4. The van der Waals surface area contributed by atoms with Crippen LogP contribution in [0.3, 0.4) is 0 Å². The van der Waals surface area contributed by atoms with Crippen molar-refractivity contribution in [1.82, 2.24) is 40.4 Å². The number of nitriles is 2. The van der Waals surface area contributed by atoms with Crippen LogP contribution in [0.2, 0.25) is 5.28 Å². The predicted molar refractivity (Wildman–Crippen MR) is 278 cm³/mol. The van der Waals surface area contributed by atoms with Gasteiger partial charge in [-0.15, -0.1) is 0 Å². The quantitative estimate of drug-likeness (QED) is 0.0899. The van der Waals surface area contributed by atoms with Crippen molar-refractivity contribution in [2.45, 2.75) is 73.5 Å². The van der Waals surface area contributed by atoms with Gasteiger partial charge in [-0.25, -0.2) is 29.5 Å². The monoisotopic (exact) mass is 984 g/mol. The minimum absolute atomic E-state index is 0.00798. The SMILES string of the molecule is CN(C)C1(c2ccccc2)CCC2(CC1)CN(c1cnc(-c3ccccc3C#N)nc1)C(=O)N2.CN(C)C1(c2ccccc2)CCC2(CC1)CN(c1cnc(Cl)nc1)C(=O)N2.N#Cc1ccccc1B(O)O. The number of nitrogens with zero attached hydrogens (tertiary/aromatic N) is 10. The Morgan fingerprint density at radius 3 is 1.36 bits per heavy atom. The third kappa shape index (κ3) is 10.5. The fraction of sp³-hybridized carbons (Fsp3) is 0.333. The molecule has 4 aliphatic rings. The summed E-state index contributed by atoms with van der Waals surface area (Å²) in [6.07, 6.45) is 14.1. The third-order valence-corrected chi connectivity index (χ3v) is 15.3. The number of carbonyl (C=O) groups excluding carboxylic acids is 2. The van der Waals surface area contributed by atoms with Crippen LogP contribution in [0, 0.1) is 22.7 Å². The fourth-order valence-electron chi connectivity index (χ4n) is 10.8. The Bertz CT molecular complexity index is 2920. The maximum absolute atomic E-state index is 13.0. The number of nitrogens with one attached hydrogen (secondary N) is 2. The van der Waals surface area contributed by atoms with Gasteiger partial charge >= 0.3 is 19.2 Å². The molecular weight excluding hydrogens is 927 g/mol. The van der Waals surface area contributed by atoms with Gasteiger partial charge in [-0.1, -0.05) is 91.0 Å². The van der Waals surface area contributed by atoms with Crippen LogP contribution in [0.25, 0.3) is 11.4 Å². The van der Waals surface area contributed by atoms with Crippen molar-refractivity contribution in [2.75, 3.05) is 51.1 Å². The highest BCUT2D eigenvalue weighted by atomic mass is 35.5. The van der Waals surface area contributed by atoms with Gasteiger partial charge in [-0.2, -0.15) is 10.5 Å². The van der Waals surface area contributed by atoms with E-state index in [2.05, 4.69) is 135 Å². The normalized spacial score (nSPS) is 23.3. The van der Waals surface area contributed by atoms with Crippen LogP contribution in [-0.2, 0) is 11.1 Å². The van der Waals surface area contributed by atoms with E-state index in [1.54, 1.807) is 52.8 Å².